The van der Waals surface area contributed by atoms with E-state index in [9.17, 15) is 14.5 Å². The molecule has 1 N–H and O–H groups in total. The lowest BCUT2D eigenvalue weighted by atomic mass is 10.2. The van der Waals surface area contributed by atoms with Crippen molar-refractivity contribution in [1.29, 1.82) is 0 Å². The number of halogens is 3. The minimum Gasteiger partial charge on any atom is -0.360 e. The molecule has 0 unspecified atom stereocenters. The summed E-state index contributed by atoms with van der Waals surface area (Å²) in [6.45, 7) is 1.61. The molecule has 0 saturated heterocycles. The standard InChI is InChI=1S/C12H9BrClFN4O2/c1-6-10(19(20)21)11(18-12(14)17-6)16-5-7-4-8(15)2-3-9(7)13/h2-4H,5H2,1H3,(H,16,17,18). The summed E-state index contributed by atoms with van der Waals surface area (Å²) < 4.78 is 13.9. The van der Waals surface area contributed by atoms with Crippen LogP contribution in [-0.4, -0.2) is 14.9 Å². The lowest BCUT2D eigenvalue weighted by Crippen LogP contribution is -2.08. The van der Waals surface area contributed by atoms with Gasteiger partial charge in [0.25, 0.3) is 0 Å². The highest BCUT2D eigenvalue weighted by atomic mass is 79.9. The third-order valence-corrected chi connectivity index (χ3v) is 3.61. The Morgan fingerprint density at radius 1 is 1.48 bits per heavy atom. The van der Waals surface area contributed by atoms with Crippen LogP contribution in [-0.2, 0) is 6.54 Å². The molecule has 1 aromatic heterocycles. The van der Waals surface area contributed by atoms with Gasteiger partial charge in [0, 0.05) is 11.0 Å². The maximum Gasteiger partial charge on any atom is 0.332 e. The maximum absolute atomic E-state index is 13.2. The van der Waals surface area contributed by atoms with Crippen molar-refractivity contribution < 1.29 is 9.31 Å². The molecule has 0 spiro atoms. The zero-order valence-electron chi connectivity index (χ0n) is 10.7. The lowest BCUT2D eigenvalue weighted by molar-refractivity contribution is -0.385. The predicted molar refractivity (Wildman–Crippen MR) is 79.9 cm³/mol. The van der Waals surface area contributed by atoms with Gasteiger partial charge < -0.3 is 5.32 Å². The highest BCUT2D eigenvalue weighted by Crippen LogP contribution is 2.27. The Hall–Kier alpha value is -1.80. The monoisotopic (exact) mass is 374 g/mol. The van der Waals surface area contributed by atoms with Gasteiger partial charge in [0.15, 0.2) is 0 Å². The summed E-state index contributed by atoms with van der Waals surface area (Å²) in [4.78, 5) is 18.0. The van der Waals surface area contributed by atoms with E-state index >= 15 is 0 Å². The van der Waals surface area contributed by atoms with Crippen LogP contribution < -0.4 is 5.32 Å². The lowest BCUT2D eigenvalue weighted by Gasteiger charge is -2.09. The van der Waals surface area contributed by atoms with E-state index in [4.69, 9.17) is 11.6 Å². The molecule has 0 aliphatic carbocycles. The fourth-order valence-corrected chi connectivity index (χ4v) is 2.33. The molecule has 9 heteroatoms. The molecular weight excluding hydrogens is 367 g/mol. The van der Waals surface area contributed by atoms with Crippen LogP contribution in [0.1, 0.15) is 11.3 Å². The summed E-state index contributed by atoms with van der Waals surface area (Å²) in [6.07, 6.45) is 0. The molecule has 0 atom stereocenters. The van der Waals surface area contributed by atoms with Crippen LogP contribution >= 0.6 is 27.5 Å². The molecular formula is C12H9BrClFN4O2. The molecule has 110 valence electrons. The van der Waals surface area contributed by atoms with Crippen molar-refractivity contribution >= 4 is 39.0 Å². The number of anilines is 1. The second-order valence-electron chi connectivity index (χ2n) is 4.12. The van der Waals surface area contributed by atoms with Crippen molar-refractivity contribution in [3.05, 3.63) is 55.1 Å². The molecule has 6 nitrogen and oxygen atoms in total. The van der Waals surface area contributed by atoms with E-state index in [2.05, 4.69) is 31.2 Å². The van der Waals surface area contributed by atoms with Gasteiger partial charge in [-0.15, -0.1) is 0 Å². The maximum atomic E-state index is 13.2. The molecule has 2 aromatic rings. The molecule has 0 aliphatic heterocycles. The first kappa shape index (κ1) is 15.6. The Bertz CT molecular complexity index is 714. The molecule has 1 heterocycles. The average Bonchev–Trinajstić information content (AvgIpc) is 2.38. The normalized spacial score (nSPS) is 10.5. The van der Waals surface area contributed by atoms with Crippen LogP contribution in [0.3, 0.4) is 0 Å². The molecule has 0 amide bonds. The summed E-state index contributed by atoms with van der Waals surface area (Å²) in [5.41, 5.74) is 0.490. The van der Waals surface area contributed by atoms with E-state index in [0.29, 0.717) is 10.0 Å². The predicted octanol–water partition coefficient (Wildman–Crippen LogP) is 3.86. The first-order valence-corrected chi connectivity index (χ1v) is 6.92. The number of aryl methyl sites for hydroxylation is 1. The van der Waals surface area contributed by atoms with Crippen molar-refractivity contribution in [2.75, 3.05) is 5.32 Å². The Morgan fingerprint density at radius 3 is 2.86 bits per heavy atom. The summed E-state index contributed by atoms with van der Waals surface area (Å²) in [7, 11) is 0. The number of hydrogen-bond acceptors (Lipinski definition) is 5. The van der Waals surface area contributed by atoms with Crippen LogP contribution in [0.15, 0.2) is 22.7 Å². The van der Waals surface area contributed by atoms with Gasteiger partial charge in [0.2, 0.25) is 11.1 Å². The van der Waals surface area contributed by atoms with E-state index < -0.39 is 10.7 Å². The van der Waals surface area contributed by atoms with Gasteiger partial charge >= 0.3 is 5.69 Å². The van der Waals surface area contributed by atoms with Crippen molar-refractivity contribution in [2.45, 2.75) is 13.5 Å². The highest BCUT2D eigenvalue weighted by molar-refractivity contribution is 9.10. The first-order valence-electron chi connectivity index (χ1n) is 5.75. The Labute approximate surface area is 132 Å². The number of rotatable bonds is 4. The van der Waals surface area contributed by atoms with Crippen LogP contribution in [0.25, 0.3) is 0 Å². The second kappa shape index (κ2) is 6.31. The molecule has 21 heavy (non-hydrogen) atoms. The van der Waals surface area contributed by atoms with Crippen molar-refractivity contribution in [3.63, 3.8) is 0 Å². The van der Waals surface area contributed by atoms with E-state index in [1.54, 1.807) is 6.07 Å². The second-order valence-corrected chi connectivity index (χ2v) is 5.31. The Morgan fingerprint density at radius 2 is 2.19 bits per heavy atom. The third-order valence-electron chi connectivity index (χ3n) is 2.67. The van der Waals surface area contributed by atoms with Crippen LogP contribution in [0.2, 0.25) is 5.28 Å². The summed E-state index contributed by atoms with van der Waals surface area (Å²) in [5, 5.41) is 13.7. The van der Waals surface area contributed by atoms with Crippen LogP contribution in [0, 0.1) is 22.9 Å². The van der Waals surface area contributed by atoms with Crippen molar-refractivity contribution in [3.8, 4) is 0 Å². The minimum atomic E-state index is -0.589. The van der Waals surface area contributed by atoms with Crippen molar-refractivity contribution in [1.82, 2.24) is 9.97 Å². The molecule has 2 rings (SSSR count). The Balaban J connectivity index is 2.31. The molecule has 0 bridgehead atoms. The molecule has 1 aromatic carbocycles. The van der Waals surface area contributed by atoms with Gasteiger partial charge in [-0.2, -0.15) is 4.98 Å². The van der Waals surface area contributed by atoms with Gasteiger partial charge in [0.05, 0.1) is 4.92 Å². The third kappa shape index (κ3) is 3.64. The number of aromatic nitrogens is 2. The SMILES string of the molecule is Cc1nc(Cl)nc(NCc2cc(F)ccc2Br)c1[N+](=O)[O-]. The van der Waals surface area contributed by atoms with Gasteiger partial charge in [0.1, 0.15) is 11.5 Å². The first-order chi connectivity index (χ1) is 9.88. The summed E-state index contributed by atoms with van der Waals surface area (Å²) in [6, 6.07) is 4.18. The Kier molecular flexibility index (Phi) is 4.69. The van der Waals surface area contributed by atoms with E-state index in [-0.39, 0.29) is 29.0 Å². The quantitative estimate of drug-likeness (QED) is 0.498. The fraction of sp³-hybridized carbons (Fsp3) is 0.167. The molecule has 0 radical (unpaired) electrons. The number of nitro groups is 1. The van der Waals surface area contributed by atoms with E-state index in [1.165, 1.54) is 19.1 Å². The number of nitrogens with zero attached hydrogens (tertiary/aromatic N) is 3. The number of nitrogens with one attached hydrogen (secondary N) is 1. The fourth-order valence-electron chi connectivity index (χ4n) is 1.73. The van der Waals surface area contributed by atoms with E-state index in [1.807, 2.05) is 0 Å². The zero-order valence-corrected chi connectivity index (χ0v) is 13.1. The zero-order chi connectivity index (χ0) is 15.6. The van der Waals surface area contributed by atoms with Gasteiger partial charge in [-0.1, -0.05) is 15.9 Å². The summed E-state index contributed by atoms with van der Waals surface area (Å²) in [5.74, 6) is -0.407. The smallest absolute Gasteiger partial charge is 0.332 e. The molecule has 0 aliphatic rings. The largest absolute Gasteiger partial charge is 0.360 e. The van der Waals surface area contributed by atoms with Gasteiger partial charge in [-0.05, 0) is 42.3 Å². The van der Waals surface area contributed by atoms with Crippen LogP contribution in [0.4, 0.5) is 15.9 Å². The van der Waals surface area contributed by atoms with Crippen molar-refractivity contribution in [2.24, 2.45) is 0 Å². The highest BCUT2D eigenvalue weighted by Gasteiger charge is 2.21. The number of hydrogen-bond donors (Lipinski definition) is 1. The van der Waals surface area contributed by atoms with Gasteiger partial charge in [-0.25, -0.2) is 9.37 Å². The van der Waals surface area contributed by atoms with Gasteiger partial charge in [-0.3, -0.25) is 10.1 Å². The average molecular weight is 376 g/mol. The minimum absolute atomic E-state index is 0.00587. The molecule has 0 fully saturated rings. The number of benzene rings is 1. The van der Waals surface area contributed by atoms with E-state index in [0.717, 1.165) is 0 Å². The molecule has 0 saturated carbocycles. The summed E-state index contributed by atoms with van der Waals surface area (Å²) >= 11 is 8.99. The topological polar surface area (TPSA) is 81.0 Å². The van der Waals surface area contributed by atoms with Crippen LogP contribution in [0.5, 0.6) is 0 Å².